The first-order valence-corrected chi connectivity index (χ1v) is 7.64. The Hall–Kier alpha value is -1.49. The molecule has 0 saturated heterocycles. The first-order chi connectivity index (χ1) is 9.43. The van der Waals surface area contributed by atoms with Crippen LogP contribution in [-0.2, 0) is 10.0 Å². The molecular weight excluding hydrogens is 283 g/mol. The second-order valence-electron chi connectivity index (χ2n) is 4.36. The van der Waals surface area contributed by atoms with E-state index in [4.69, 9.17) is 10.4 Å². The highest BCUT2D eigenvalue weighted by Crippen LogP contribution is 2.18. The van der Waals surface area contributed by atoms with Gasteiger partial charge in [-0.1, -0.05) is 0 Å². The average Bonchev–Trinajstić information content (AvgIpc) is 2.43. The van der Waals surface area contributed by atoms with Crippen LogP contribution in [0.4, 0.5) is 4.39 Å². The summed E-state index contributed by atoms with van der Waals surface area (Å²) < 4.78 is 38.8. The number of halogens is 1. The third-order valence-electron chi connectivity index (χ3n) is 2.90. The van der Waals surface area contributed by atoms with Gasteiger partial charge in [0.25, 0.3) is 0 Å². The Morgan fingerprint density at radius 2 is 2.05 bits per heavy atom. The van der Waals surface area contributed by atoms with E-state index in [0.29, 0.717) is 19.4 Å². The summed E-state index contributed by atoms with van der Waals surface area (Å²) in [6.07, 6.45) is 1.98. The standard InChI is InChI=1S/C13H17FN2O3S/c1-16(7-3-2-4-8-17)20(18,19)12-5-6-13(14)11(9-12)10-15/h5-6,9,17H,2-4,7-8H2,1H3. The zero-order valence-corrected chi connectivity index (χ0v) is 12.0. The van der Waals surface area contributed by atoms with Gasteiger partial charge < -0.3 is 5.11 Å². The van der Waals surface area contributed by atoms with E-state index in [1.54, 1.807) is 6.07 Å². The topological polar surface area (TPSA) is 81.4 Å². The Morgan fingerprint density at radius 1 is 1.35 bits per heavy atom. The van der Waals surface area contributed by atoms with Gasteiger partial charge in [0, 0.05) is 20.2 Å². The van der Waals surface area contributed by atoms with Crippen LogP contribution in [0.3, 0.4) is 0 Å². The van der Waals surface area contributed by atoms with Crippen LogP contribution < -0.4 is 0 Å². The van der Waals surface area contributed by atoms with Crippen molar-refractivity contribution in [2.45, 2.75) is 24.2 Å². The summed E-state index contributed by atoms with van der Waals surface area (Å²) in [7, 11) is -2.29. The normalized spacial score (nSPS) is 11.6. The van der Waals surface area contributed by atoms with Crippen molar-refractivity contribution in [1.29, 1.82) is 5.26 Å². The van der Waals surface area contributed by atoms with Crippen molar-refractivity contribution in [2.75, 3.05) is 20.2 Å². The molecule has 1 N–H and O–H groups in total. The molecule has 0 unspecified atom stereocenters. The van der Waals surface area contributed by atoms with Gasteiger partial charge in [0.1, 0.15) is 11.9 Å². The monoisotopic (exact) mass is 300 g/mol. The Labute approximate surface area is 118 Å². The van der Waals surface area contributed by atoms with E-state index < -0.39 is 15.8 Å². The lowest BCUT2D eigenvalue weighted by Gasteiger charge is -2.17. The van der Waals surface area contributed by atoms with E-state index >= 15 is 0 Å². The lowest BCUT2D eigenvalue weighted by atomic mass is 10.2. The van der Waals surface area contributed by atoms with Gasteiger partial charge >= 0.3 is 0 Å². The van der Waals surface area contributed by atoms with Crippen LogP contribution in [0.1, 0.15) is 24.8 Å². The molecule has 0 atom stereocenters. The maximum absolute atomic E-state index is 13.2. The molecule has 1 aromatic rings. The molecule has 0 aliphatic carbocycles. The SMILES string of the molecule is CN(CCCCCO)S(=O)(=O)c1ccc(F)c(C#N)c1. The van der Waals surface area contributed by atoms with Gasteiger partial charge in [0.2, 0.25) is 10.0 Å². The van der Waals surface area contributed by atoms with Crippen molar-refractivity contribution >= 4 is 10.0 Å². The highest BCUT2D eigenvalue weighted by Gasteiger charge is 2.21. The van der Waals surface area contributed by atoms with Crippen molar-refractivity contribution in [3.05, 3.63) is 29.6 Å². The van der Waals surface area contributed by atoms with Gasteiger partial charge in [-0.2, -0.15) is 5.26 Å². The number of aliphatic hydroxyl groups excluding tert-OH is 1. The number of nitriles is 1. The quantitative estimate of drug-likeness (QED) is 0.773. The Kier molecular flexibility index (Phi) is 6.07. The summed E-state index contributed by atoms with van der Waals surface area (Å²) in [6, 6.07) is 4.78. The summed E-state index contributed by atoms with van der Waals surface area (Å²) in [5.74, 6) is -0.739. The fourth-order valence-corrected chi connectivity index (χ4v) is 2.91. The van der Waals surface area contributed by atoms with Crippen LogP contribution in [0, 0.1) is 17.1 Å². The lowest BCUT2D eigenvalue weighted by molar-refractivity contribution is 0.281. The molecule has 0 saturated carbocycles. The van der Waals surface area contributed by atoms with E-state index in [1.165, 1.54) is 11.4 Å². The molecule has 1 aromatic carbocycles. The van der Waals surface area contributed by atoms with Crippen molar-refractivity contribution in [1.82, 2.24) is 4.31 Å². The number of nitrogens with zero attached hydrogens (tertiary/aromatic N) is 2. The number of rotatable bonds is 7. The number of sulfonamides is 1. The van der Waals surface area contributed by atoms with Crippen LogP contribution in [0.5, 0.6) is 0 Å². The zero-order valence-electron chi connectivity index (χ0n) is 11.2. The van der Waals surface area contributed by atoms with Gasteiger partial charge in [-0.05, 0) is 37.5 Å². The molecule has 0 fully saturated rings. The summed E-state index contributed by atoms with van der Waals surface area (Å²) in [4.78, 5) is -0.0971. The molecule has 110 valence electrons. The highest BCUT2D eigenvalue weighted by molar-refractivity contribution is 7.89. The summed E-state index contributed by atoms with van der Waals surface area (Å²) in [6.45, 7) is 0.390. The Balaban J connectivity index is 2.85. The van der Waals surface area contributed by atoms with Crippen LogP contribution in [0.2, 0.25) is 0 Å². The van der Waals surface area contributed by atoms with Crippen LogP contribution in [-0.4, -0.2) is 38.0 Å². The van der Waals surface area contributed by atoms with Gasteiger partial charge in [-0.15, -0.1) is 0 Å². The smallest absolute Gasteiger partial charge is 0.242 e. The number of benzene rings is 1. The Morgan fingerprint density at radius 3 is 2.65 bits per heavy atom. The van der Waals surface area contributed by atoms with Crippen LogP contribution >= 0.6 is 0 Å². The molecule has 0 amide bonds. The fourth-order valence-electron chi connectivity index (χ4n) is 1.67. The Bertz CT molecular complexity index is 596. The first-order valence-electron chi connectivity index (χ1n) is 6.20. The van der Waals surface area contributed by atoms with E-state index in [9.17, 15) is 12.8 Å². The minimum absolute atomic E-state index is 0.0833. The number of unbranched alkanes of at least 4 members (excludes halogenated alkanes) is 2. The average molecular weight is 300 g/mol. The molecule has 0 bridgehead atoms. The molecule has 0 aliphatic heterocycles. The van der Waals surface area contributed by atoms with Crippen molar-refractivity contribution in [3.8, 4) is 6.07 Å². The van der Waals surface area contributed by atoms with Gasteiger partial charge in [-0.3, -0.25) is 0 Å². The number of aliphatic hydroxyl groups is 1. The van der Waals surface area contributed by atoms with Gasteiger partial charge in [0.15, 0.2) is 0 Å². The number of hydrogen-bond donors (Lipinski definition) is 1. The molecule has 0 aliphatic rings. The molecule has 1 rings (SSSR count). The van der Waals surface area contributed by atoms with E-state index in [-0.39, 0.29) is 17.1 Å². The van der Waals surface area contributed by atoms with Gasteiger partial charge in [-0.25, -0.2) is 17.1 Å². The molecule has 0 heterocycles. The van der Waals surface area contributed by atoms with E-state index in [2.05, 4.69) is 0 Å². The van der Waals surface area contributed by atoms with Crippen molar-refractivity contribution < 1.29 is 17.9 Å². The third-order valence-corrected chi connectivity index (χ3v) is 4.75. The summed E-state index contributed by atoms with van der Waals surface area (Å²) >= 11 is 0. The van der Waals surface area contributed by atoms with Crippen molar-refractivity contribution in [2.24, 2.45) is 0 Å². The first kappa shape index (κ1) is 16.6. The minimum atomic E-state index is -3.72. The maximum Gasteiger partial charge on any atom is 0.242 e. The number of hydrogen-bond acceptors (Lipinski definition) is 4. The predicted octanol–water partition coefficient (Wildman–Crippen LogP) is 1.48. The van der Waals surface area contributed by atoms with E-state index in [1.807, 2.05) is 0 Å². The highest BCUT2D eigenvalue weighted by atomic mass is 32.2. The second kappa shape index (κ2) is 7.33. The van der Waals surface area contributed by atoms with Crippen molar-refractivity contribution in [3.63, 3.8) is 0 Å². The third kappa shape index (κ3) is 4.00. The predicted molar refractivity (Wildman–Crippen MR) is 71.9 cm³/mol. The molecule has 0 aromatic heterocycles. The molecule has 7 heteroatoms. The second-order valence-corrected chi connectivity index (χ2v) is 6.41. The largest absolute Gasteiger partial charge is 0.396 e. The maximum atomic E-state index is 13.2. The lowest BCUT2D eigenvalue weighted by Crippen LogP contribution is -2.28. The van der Waals surface area contributed by atoms with Gasteiger partial charge in [0.05, 0.1) is 10.5 Å². The molecule has 0 radical (unpaired) electrons. The zero-order chi connectivity index (χ0) is 15.2. The molecule has 20 heavy (non-hydrogen) atoms. The summed E-state index contributed by atoms with van der Waals surface area (Å²) in [5, 5.41) is 17.4. The summed E-state index contributed by atoms with van der Waals surface area (Å²) in [5.41, 5.74) is -0.292. The van der Waals surface area contributed by atoms with Crippen LogP contribution in [0.25, 0.3) is 0 Å². The van der Waals surface area contributed by atoms with E-state index in [0.717, 1.165) is 24.6 Å². The fraction of sp³-hybridized carbons (Fsp3) is 0.462. The van der Waals surface area contributed by atoms with Crippen LogP contribution in [0.15, 0.2) is 23.1 Å². The molecule has 0 spiro atoms. The molecule has 5 nitrogen and oxygen atoms in total. The molecular formula is C13H17FN2O3S. The minimum Gasteiger partial charge on any atom is -0.396 e.